The van der Waals surface area contributed by atoms with E-state index in [1.807, 2.05) is 47.7 Å². The SMILES string of the molecule is O=c1oc2ccc(-c3ccc4sc5ccccc5c4c3)cc2c2ccccc12. The van der Waals surface area contributed by atoms with Crippen molar-refractivity contribution >= 4 is 53.3 Å². The Bertz CT molecular complexity index is 1590. The van der Waals surface area contributed by atoms with E-state index in [-0.39, 0.29) is 5.63 Å². The van der Waals surface area contributed by atoms with E-state index in [9.17, 15) is 4.79 Å². The molecule has 0 aliphatic heterocycles. The molecule has 2 nitrogen and oxygen atoms in total. The standard InChI is InChI=1S/C25H14O2S/c26-25-19-7-2-1-5-17(19)20-13-15(9-11-22(20)27-25)16-10-12-24-21(14-16)18-6-3-4-8-23(18)28-24/h1-14H. The van der Waals surface area contributed by atoms with Gasteiger partial charge in [-0.15, -0.1) is 11.3 Å². The van der Waals surface area contributed by atoms with Crippen molar-refractivity contribution in [3.05, 3.63) is 95.3 Å². The quantitative estimate of drug-likeness (QED) is 0.228. The molecule has 4 aromatic carbocycles. The molecule has 0 aliphatic carbocycles. The third-order valence-corrected chi connectivity index (χ3v) is 6.48. The van der Waals surface area contributed by atoms with Crippen LogP contribution in [0.5, 0.6) is 0 Å². The monoisotopic (exact) mass is 378 g/mol. The highest BCUT2D eigenvalue weighted by Crippen LogP contribution is 2.37. The Morgan fingerprint density at radius 2 is 1.21 bits per heavy atom. The predicted octanol–water partition coefficient (Wildman–Crippen LogP) is 6.98. The summed E-state index contributed by atoms with van der Waals surface area (Å²) in [5.74, 6) is 0. The maximum atomic E-state index is 12.2. The first-order chi connectivity index (χ1) is 13.8. The highest BCUT2D eigenvalue weighted by atomic mass is 32.1. The minimum atomic E-state index is -0.290. The van der Waals surface area contributed by atoms with Gasteiger partial charge in [0, 0.05) is 25.6 Å². The molecule has 6 rings (SSSR count). The lowest BCUT2D eigenvalue weighted by molar-refractivity contribution is 0.570. The number of thiophene rings is 1. The number of hydrogen-bond acceptors (Lipinski definition) is 3. The molecule has 0 atom stereocenters. The summed E-state index contributed by atoms with van der Waals surface area (Å²) >= 11 is 1.82. The molecular weight excluding hydrogens is 364 g/mol. The molecule has 0 bridgehead atoms. The van der Waals surface area contributed by atoms with E-state index in [0.29, 0.717) is 11.0 Å². The molecule has 0 spiro atoms. The van der Waals surface area contributed by atoms with Gasteiger partial charge in [-0.2, -0.15) is 0 Å². The van der Waals surface area contributed by atoms with Gasteiger partial charge in [-0.1, -0.05) is 48.5 Å². The van der Waals surface area contributed by atoms with Crippen LogP contribution in [0.2, 0.25) is 0 Å². The number of benzene rings is 4. The van der Waals surface area contributed by atoms with Crippen molar-refractivity contribution in [3.63, 3.8) is 0 Å². The largest absolute Gasteiger partial charge is 0.422 e. The van der Waals surface area contributed by atoms with Crippen molar-refractivity contribution in [1.82, 2.24) is 0 Å². The molecule has 0 aliphatic rings. The van der Waals surface area contributed by atoms with Crippen LogP contribution in [-0.2, 0) is 0 Å². The van der Waals surface area contributed by atoms with Gasteiger partial charge in [-0.3, -0.25) is 0 Å². The Morgan fingerprint density at radius 3 is 2.07 bits per heavy atom. The minimum Gasteiger partial charge on any atom is -0.422 e. The maximum Gasteiger partial charge on any atom is 0.344 e. The van der Waals surface area contributed by atoms with Crippen LogP contribution in [0.15, 0.2) is 94.1 Å². The van der Waals surface area contributed by atoms with Gasteiger partial charge < -0.3 is 4.42 Å². The summed E-state index contributed by atoms with van der Waals surface area (Å²) in [6.45, 7) is 0. The van der Waals surface area contributed by atoms with Crippen LogP contribution in [0.1, 0.15) is 0 Å². The van der Waals surface area contributed by atoms with Gasteiger partial charge in [-0.25, -0.2) is 4.79 Å². The van der Waals surface area contributed by atoms with Gasteiger partial charge in [0.15, 0.2) is 0 Å². The van der Waals surface area contributed by atoms with Crippen LogP contribution in [0.4, 0.5) is 0 Å². The highest BCUT2D eigenvalue weighted by molar-refractivity contribution is 7.25. The van der Waals surface area contributed by atoms with Crippen molar-refractivity contribution in [2.75, 3.05) is 0 Å². The fourth-order valence-corrected chi connectivity index (χ4v) is 5.05. The van der Waals surface area contributed by atoms with Crippen LogP contribution in [0.25, 0.3) is 53.0 Å². The van der Waals surface area contributed by atoms with Crippen LogP contribution in [-0.4, -0.2) is 0 Å². The molecule has 0 N–H and O–H groups in total. The Balaban J connectivity index is 1.63. The Morgan fingerprint density at radius 1 is 0.571 bits per heavy atom. The lowest BCUT2D eigenvalue weighted by atomic mass is 9.99. The zero-order valence-corrected chi connectivity index (χ0v) is 15.6. The second-order valence-corrected chi connectivity index (χ2v) is 8.04. The second kappa shape index (κ2) is 5.78. The molecular formula is C25H14O2S. The summed E-state index contributed by atoms with van der Waals surface area (Å²) in [6.07, 6.45) is 0. The fourth-order valence-electron chi connectivity index (χ4n) is 3.97. The minimum absolute atomic E-state index is 0.290. The van der Waals surface area contributed by atoms with Crippen molar-refractivity contribution < 1.29 is 4.42 Å². The van der Waals surface area contributed by atoms with E-state index in [2.05, 4.69) is 48.5 Å². The summed E-state index contributed by atoms with van der Waals surface area (Å²) in [4.78, 5) is 12.2. The normalized spacial score (nSPS) is 11.7. The molecule has 6 aromatic rings. The summed E-state index contributed by atoms with van der Waals surface area (Å²) in [5, 5.41) is 5.08. The van der Waals surface area contributed by atoms with E-state index >= 15 is 0 Å². The predicted molar refractivity (Wildman–Crippen MR) is 118 cm³/mol. The van der Waals surface area contributed by atoms with E-state index in [1.54, 1.807) is 0 Å². The molecule has 0 amide bonds. The number of rotatable bonds is 1. The van der Waals surface area contributed by atoms with E-state index in [0.717, 1.165) is 21.9 Å². The average molecular weight is 378 g/mol. The van der Waals surface area contributed by atoms with Gasteiger partial charge in [0.25, 0.3) is 0 Å². The Hall–Kier alpha value is -3.43. The molecule has 0 saturated heterocycles. The van der Waals surface area contributed by atoms with Crippen molar-refractivity contribution in [3.8, 4) is 11.1 Å². The van der Waals surface area contributed by atoms with Crippen molar-refractivity contribution in [2.24, 2.45) is 0 Å². The third kappa shape index (κ3) is 2.23. The lowest BCUT2D eigenvalue weighted by Crippen LogP contribution is -1.99. The average Bonchev–Trinajstić information content (AvgIpc) is 3.12. The summed E-state index contributed by atoms with van der Waals surface area (Å²) in [6, 6.07) is 28.8. The van der Waals surface area contributed by atoms with Crippen LogP contribution < -0.4 is 5.63 Å². The lowest BCUT2D eigenvalue weighted by Gasteiger charge is -2.07. The molecule has 3 heteroatoms. The molecule has 28 heavy (non-hydrogen) atoms. The zero-order chi connectivity index (χ0) is 18.7. The van der Waals surface area contributed by atoms with Crippen molar-refractivity contribution in [1.29, 1.82) is 0 Å². The summed E-state index contributed by atoms with van der Waals surface area (Å²) < 4.78 is 8.13. The molecule has 2 aromatic heterocycles. The molecule has 0 unspecified atom stereocenters. The van der Waals surface area contributed by atoms with Gasteiger partial charge in [-0.05, 0) is 52.9 Å². The van der Waals surface area contributed by atoms with E-state index < -0.39 is 0 Å². The summed E-state index contributed by atoms with van der Waals surface area (Å²) in [7, 11) is 0. The number of fused-ring (bicyclic) bond motifs is 6. The fraction of sp³-hybridized carbons (Fsp3) is 0. The van der Waals surface area contributed by atoms with E-state index in [4.69, 9.17) is 4.42 Å². The first kappa shape index (κ1) is 15.6. The molecule has 0 saturated carbocycles. The van der Waals surface area contributed by atoms with Crippen LogP contribution in [0, 0.1) is 0 Å². The van der Waals surface area contributed by atoms with Gasteiger partial charge >= 0.3 is 5.63 Å². The van der Waals surface area contributed by atoms with Gasteiger partial charge in [0.2, 0.25) is 0 Å². The highest BCUT2D eigenvalue weighted by Gasteiger charge is 2.10. The summed E-state index contributed by atoms with van der Waals surface area (Å²) in [5.41, 5.74) is 2.61. The second-order valence-electron chi connectivity index (χ2n) is 6.96. The Labute approximate surface area is 164 Å². The first-order valence-electron chi connectivity index (χ1n) is 9.15. The molecule has 132 valence electrons. The molecule has 0 radical (unpaired) electrons. The molecule has 0 fully saturated rings. The molecule has 2 heterocycles. The van der Waals surface area contributed by atoms with Crippen LogP contribution >= 0.6 is 11.3 Å². The first-order valence-corrected chi connectivity index (χ1v) is 9.97. The smallest absolute Gasteiger partial charge is 0.344 e. The van der Waals surface area contributed by atoms with Gasteiger partial charge in [0.05, 0.1) is 5.39 Å². The topological polar surface area (TPSA) is 30.2 Å². The maximum absolute atomic E-state index is 12.2. The van der Waals surface area contributed by atoms with Gasteiger partial charge in [0.1, 0.15) is 5.58 Å². The zero-order valence-electron chi connectivity index (χ0n) is 14.8. The number of hydrogen-bond donors (Lipinski definition) is 0. The van der Waals surface area contributed by atoms with E-state index in [1.165, 1.54) is 20.2 Å². The third-order valence-electron chi connectivity index (χ3n) is 5.33. The van der Waals surface area contributed by atoms with Crippen LogP contribution in [0.3, 0.4) is 0 Å². The van der Waals surface area contributed by atoms with Crippen molar-refractivity contribution in [2.45, 2.75) is 0 Å². The Kier molecular flexibility index (Phi) is 3.22.